The molecule has 1 aliphatic carbocycles. The zero-order chi connectivity index (χ0) is 14.8. The van der Waals surface area contributed by atoms with E-state index < -0.39 is 12.0 Å². The summed E-state index contributed by atoms with van der Waals surface area (Å²) < 4.78 is 39.2. The van der Waals surface area contributed by atoms with Crippen molar-refractivity contribution in [1.29, 1.82) is 0 Å². The molecular weight excluding hydrogens is 270 g/mol. The first-order valence-corrected chi connectivity index (χ1v) is 6.34. The van der Waals surface area contributed by atoms with Crippen LogP contribution in [-0.4, -0.2) is 26.3 Å². The molecule has 4 nitrogen and oxygen atoms in total. The molecule has 0 spiro atoms. The van der Waals surface area contributed by atoms with Gasteiger partial charge in [0.05, 0.1) is 19.1 Å². The van der Waals surface area contributed by atoms with Gasteiger partial charge in [-0.2, -0.15) is 8.78 Å². The Labute approximate surface area is 115 Å². The van der Waals surface area contributed by atoms with Crippen LogP contribution in [0.3, 0.4) is 0 Å². The summed E-state index contributed by atoms with van der Waals surface area (Å²) in [5.41, 5.74) is -0.250. The van der Waals surface area contributed by atoms with Crippen LogP contribution in [0.1, 0.15) is 25.3 Å². The van der Waals surface area contributed by atoms with E-state index in [4.69, 9.17) is 9.47 Å². The van der Waals surface area contributed by atoms with Crippen LogP contribution in [-0.2, 0) is 14.9 Å². The molecular formula is C14H16F2O4. The van der Waals surface area contributed by atoms with E-state index in [0.717, 1.165) is 0 Å². The molecule has 0 N–H and O–H groups in total. The van der Waals surface area contributed by atoms with Crippen LogP contribution in [0, 0.1) is 0 Å². The van der Waals surface area contributed by atoms with Gasteiger partial charge in [0.15, 0.2) is 0 Å². The number of carbonyl (C=O) groups is 1. The van der Waals surface area contributed by atoms with Crippen LogP contribution in [0.2, 0.25) is 0 Å². The van der Waals surface area contributed by atoms with Gasteiger partial charge in [-0.1, -0.05) is 0 Å². The Hall–Kier alpha value is -1.85. The summed E-state index contributed by atoms with van der Waals surface area (Å²) in [5, 5.41) is 0. The zero-order valence-electron chi connectivity index (χ0n) is 11.3. The third-order valence-corrected chi connectivity index (χ3v) is 3.33. The van der Waals surface area contributed by atoms with Crippen molar-refractivity contribution in [2.75, 3.05) is 13.7 Å². The average molecular weight is 286 g/mol. The fraction of sp³-hybridized carbons (Fsp3) is 0.500. The van der Waals surface area contributed by atoms with Crippen molar-refractivity contribution < 1.29 is 27.8 Å². The Morgan fingerprint density at radius 1 is 1.40 bits per heavy atom. The van der Waals surface area contributed by atoms with Gasteiger partial charge in [-0.3, -0.25) is 4.79 Å². The van der Waals surface area contributed by atoms with Gasteiger partial charge in [0.25, 0.3) is 0 Å². The number of esters is 1. The zero-order valence-corrected chi connectivity index (χ0v) is 11.3. The van der Waals surface area contributed by atoms with Gasteiger partial charge in [-0.25, -0.2) is 0 Å². The summed E-state index contributed by atoms with van der Waals surface area (Å²) in [5.74, 6) is 0.121. The van der Waals surface area contributed by atoms with Crippen molar-refractivity contribution in [3.05, 3.63) is 23.8 Å². The van der Waals surface area contributed by atoms with Crippen molar-refractivity contribution in [3.63, 3.8) is 0 Å². The molecule has 0 aromatic heterocycles. The van der Waals surface area contributed by atoms with Crippen molar-refractivity contribution in [3.8, 4) is 11.5 Å². The Morgan fingerprint density at radius 3 is 2.60 bits per heavy atom. The second-order valence-electron chi connectivity index (χ2n) is 4.54. The van der Waals surface area contributed by atoms with Crippen LogP contribution in [0.4, 0.5) is 8.78 Å². The number of alkyl halides is 2. The minimum Gasteiger partial charge on any atom is -0.496 e. The quantitative estimate of drug-likeness (QED) is 0.754. The SMILES string of the molecule is CCOC(=O)C1(c2cc(OC(F)F)ccc2OC)CC1. The molecule has 0 aliphatic heterocycles. The first kappa shape index (κ1) is 14.6. The van der Waals surface area contributed by atoms with Gasteiger partial charge >= 0.3 is 12.6 Å². The van der Waals surface area contributed by atoms with Crippen molar-refractivity contribution in [2.45, 2.75) is 31.8 Å². The number of methoxy groups -OCH3 is 1. The van der Waals surface area contributed by atoms with Crippen LogP contribution in [0.25, 0.3) is 0 Å². The van der Waals surface area contributed by atoms with Crippen LogP contribution < -0.4 is 9.47 Å². The van der Waals surface area contributed by atoms with Gasteiger partial charge < -0.3 is 14.2 Å². The normalized spacial score (nSPS) is 15.8. The first-order valence-electron chi connectivity index (χ1n) is 6.34. The van der Waals surface area contributed by atoms with Gasteiger partial charge in [-0.05, 0) is 38.0 Å². The number of hydrogen-bond acceptors (Lipinski definition) is 4. The molecule has 1 aromatic rings. The number of benzene rings is 1. The third-order valence-electron chi connectivity index (χ3n) is 3.33. The Bertz CT molecular complexity index is 498. The number of hydrogen-bond donors (Lipinski definition) is 0. The minimum absolute atomic E-state index is 0.00590. The Balaban J connectivity index is 2.36. The highest BCUT2D eigenvalue weighted by Gasteiger charge is 2.54. The predicted molar refractivity (Wildman–Crippen MR) is 67.2 cm³/mol. The molecule has 0 radical (unpaired) electrons. The maximum absolute atomic E-state index is 12.3. The molecule has 0 atom stereocenters. The van der Waals surface area contributed by atoms with E-state index in [2.05, 4.69) is 4.74 Å². The fourth-order valence-corrected chi connectivity index (χ4v) is 2.21. The number of halogens is 2. The summed E-state index contributed by atoms with van der Waals surface area (Å²) in [7, 11) is 1.47. The summed E-state index contributed by atoms with van der Waals surface area (Å²) in [4.78, 5) is 12.1. The number of rotatable bonds is 6. The highest BCUT2D eigenvalue weighted by molar-refractivity contribution is 5.87. The summed E-state index contributed by atoms with van der Waals surface area (Å²) >= 11 is 0. The first-order chi connectivity index (χ1) is 9.53. The summed E-state index contributed by atoms with van der Waals surface area (Å²) in [6.45, 7) is -0.911. The molecule has 0 saturated heterocycles. The largest absolute Gasteiger partial charge is 0.496 e. The topological polar surface area (TPSA) is 44.8 Å². The molecule has 0 amide bonds. The van der Waals surface area contributed by atoms with E-state index >= 15 is 0 Å². The molecule has 2 rings (SSSR count). The predicted octanol–water partition coefficient (Wildman–Crippen LogP) is 2.89. The van der Waals surface area contributed by atoms with Crippen molar-refractivity contribution >= 4 is 5.97 Å². The van der Waals surface area contributed by atoms with E-state index in [-0.39, 0.29) is 18.3 Å². The molecule has 6 heteroatoms. The highest BCUT2D eigenvalue weighted by atomic mass is 19.3. The third kappa shape index (κ3) is 2.69. The monoisotopic (exact) mass is 286 g/mol. The average Bonchev–Trinajstić information content (AvgIpc) is 3.19. The standard InChI is InChI=1S/C14H16F2O4/c1-3-19-12(17)14(6-7-14)10-8-9(20-13(15)16)4-5-11(10)18-2/h4-5,8,13H,3,6-7H2,1-2H3. The molecule has 1 aromatic carbocycles. The Kier molecular flexibility index (Phi) is 4.11. The second kappa shape index (κ2) is 5.64. The van der Waals surface area contributed by atoms with Gasteiger partial charge in [0, 0.05) is 5.56 Å². The fourth-order valence-electron chi connectivity index (χ4n) is 2.21. The molecule has 0 unspecified atom stereocenters. The van der Waals surface area contributed by atoms with Crippen LogP contribution >= 0.6 is 0 Å². The van der Waals surface area contributed by atoms with Crippen LogP contribution in [0.15, 0.2) is 18.2 Å². The lowest BCUT2D eigenvalue weighted by Gasteiger charge is -2.18. The molecule has 20 heavy (non-hydrogen) atoms. The van der Waals surface area contributed by atoms with Crippen LogP contribution in [0.5, 0.6) is 11.5 Å². The van der Waals surface area contributed by atoms with Gasteiger partial charge in [0.1, 0.15) is 11.5 Å². The number of ether oxygens (including phenoxy) is 3. The highest BCUT2D eigenvalue weighted by Crippen LogP contribution is 2.53. The van der Waals surface area contributed by atoms with Crippen molar-refractivity contribution in [1.82, 2.24) is 0 Å². The lowest BCUT2D eigenvalue weighted by atomic mass is 9.94. The minimum atomic E-state index is -2.91. The van der Waals surface area contributed by atoms with Crippen molar-refractivity contribution in [2.24, 2.45) is 0 Å². The Morgan fingerprint density at radius 2 is 2.10 bits per heavy atom. The van der Waals surface area contributed by atoms with E-state index in [9.17, 15) is 13.6 Å². The lowest BCUT2D eigenvalue weighted by Crippen LogP contribution is -2.24. The smallest absolute Gasteiger partial charge is 0.387 e. The van der Waals surface area contributed by atoms with E-state index in [1.165, 1.54) is 25.3 Å². The molecule has 1 aliphatic rings. The summed E-state index contributed by atoms with van der Waals surface area (Å²) in [6, 6.07) is 4.33. The molecule has 110 valence electrons. The maximum atomic E-state index is 12.3. The lowest BCUT2D eigenvalue weighted by molar-refractivity contribution is -0.146. The maximum Gasteiger partial charge on any atom is 0.387 e. The van der Waals surface area contributed by atoms with E-state index in [1.807, 2.05) is 0 Å². The molecule has 1 fully saturated rings. The van der Waals surface area contributed by atoms with Gasteiger partial charge in [-0.15, -0.1) is 0 Å². The molecule has 0 heterocycles. The van der Waals surface area contributed by atoms with E-state index in [1.54, 1.807) is 6.92 Å². The molecule has 1 saturated carbocycles. The molecule has 0 bridgehead atoms. The number of carbonyl (C=O) groups excluding carboxylic acids is 1. The van der Waals surface area contributed by atoms with Gasteiger partial charge in [0.2, 0.25) is 0 Å². The second-order valence-corrected chi connectivity index (χ2v) is 4.54. The van der Waals surface area contributed by atoms with E-state index in [0.29, 0.717) is 24.2 Å². The summed E-state index contributed by atoms with van der Waals surface area (Å²) in [6.07, 6.45) is 1.22.